The molecule has 0 bridgehead atoms. The van der Waals surface area contributed by atoms with Crippen molar-refractivity contribution in [3.8, 4) is 22.8 Å². The number of ether oxygens (including phenoxy) is 7. The van der Waals surface area contributed by atoms with Crippen molar-refractivity contribution in [3.05, 3.63) is 54.5 Å². The van der Waals surface area contributed by atoms with E-state index in [0.717, 1.165) is 49.9 Å². The molecule has 6 rings (SSSR count). The number of methoxy groups -OCH3 is 1. The van der Waals surface area contributed by atoms with E-state index in [1.54, 1.807) is 30.5 Å². The van der Waals surface area contributed by atoms with E-state index in [1.165, 1.54) is 6.33 Å². The number of hydrogen-bond donors (Lipinski definition) is 1. The number of benzene rings is 1. The summed E-state index contributed by atoms with van der Waals surface area (Å²) >= 11 is 6.51. The third-order valence-electron chi connectivity index (χ3n) is 9.95. The molecule has 1 aliphatic carbocycles. The van der Waals surface area contributed by atoms with Crippen LogP contribution in [-0.4, -0.2) is 137 Å². The Morgan fingerprint density at radius 1 is 0.877 bits per heavy atom. The Hall–Kier alpha value is -3.90. The second-order valence-electron chi connectivity index (χ2n) is 14.6. The molecule has 0 spiro atoms. The molecule has 0 amide bonds. The molecule has 1 saturated heterocycles. The molecule has 0 radical (unpaired) electrons. The molecular weight excluding hydrogens is 754 g/mol. The maximum Gasteiger partial charge on any atom is 0.256 e. The Morgan fingerprint density at radius 2 is 1.56 bits per heavy atom. The van der Waals surface area contributed by atoms with Gasteiger partial charge in [-0.3, -0.25) is 9.58 Å². The molecule has 312 valence electrons. The number of hydrogen-bond acceptors (Lipinski definition) is 14. The average Bonchev–Trinajstić information content (AvgIpc) is 3.87. The molecular formula is C40H58ClN9O7. The molecule has 0 unspecified atom stereocenters. The van der Waals surface area contributed by atoms with Gasteiger partial charge in [0.15, 0.2) is 0 Å². The molecule has 2 aliphatic rings. The molecule has 4 heterocycles. The molecule has 1 aromatic carbocycles. The monoisotopic (exact) mass is 811 g/mol. The molecule has 1 aliphatic heterocycles. The number of morpholine rings is 1. The van der Waals surface area contributed by atoms with Gasteiger partial charge in [-0.1, -0.05) is 17.7 Å². The van der Waals surface area contributed by atoms with Crippen LogP contribution in [-0.2, 0) is 30.2 Å². The minimum Gasteiger partial charge on any atom is -0.487 e. The van der Waals surface area contributed by atoms with Gasteiger partial charge in [0.1, 0.15) is 30.2 Å². The van der Waals surface area contributed by atoms with Crippen LogP contribution in [0.3, 0.4) is 0 Å². The first-order chi connectivity index (χ1) is 27.8. The fourth-order valence-electron chi connectivity index (χ4n) is 7.25. The van der Waals surface area contributed by atoms with Gasteiger partial charge in [-0.2, -0.15) is 5.10 Å². The zero-order valence-electron chi connectivity index (χ0n) is 33.6. The largest absolute Gasteiger partial charge is 0.487 e. The lowest BCUT2D eigenvalue weighted by molar-refractivity contribution is -0.0852. The lowest BCUT2D eigenvalue weighted by Gasteiger charge is -2.42. The molecule has 16 nitrogen and oxygen atoms in total. The van der Waals surface area contributed by atoms with Crippen molar-refractivity contribution < 1.29 is 33.2 Å². The Morgan fingerprint density at radius 3 is 2.25 bits per heavy atom. The quantitative estimate of drug-likeness (QED) is 0.0891. The molecule has 1 saturated carbocycles. The number of halogens is 1. The van der Waals surface area contributed by atoms with Crippen LogP contribution in [0.25, 0.3) is 11.1 Å². The highest BCUT2D eigenvalue weighted by atomic mass is 35.5. The lowest BCUT2D eigenvalue weighted by Crippen LogP contribution is -2.51. The Balaban J connectivity index is 1.04. The van der Waals surface area contributed by atoms with Crippen molar-refractivity contribution in [1.82, 2.24) is 39.4 Å². The SMILES string of the molecule is COCCOCCOCCOCCCOc1nn(C2CCC(N3C[C@@H](C)O[C@@H](C)C3)CC2)cc1Nc1ncc(-c2ccc(Cl)c(O[C@@H](C)Cn3cncn3)c2)cn1. The standard InChI is InChI=1S/C40H58ClN9O7/c1-29-23-48(24-30(2)56-29)34-7-9-35(10-8-34)50-26-37(39(47-50)55-13-5-12-52-16-17-54-19-18-53-15-14-51-4)46-40-43-21-33(22-44-40)32-6-11-36(41)38(20-32)57-31(3)25-49-28-42-27-45-49/h6,11,20-22,26-31,34-35H,5,7-10,12-19,23-25H2,1-4H3,(H,43,44,46)/t29-,30+,31-,34?,35?/m0/s1. The summed E-state index contributed by atoms with van der Waals surface area (Å²) < 4.78 is 43.9. The maximum atomic E-state index is 6.51. The Bertz CT molecular complexity index is 1730. The summed E-state index contributed by atoms with van der Waals surface area (Å²) in [5, 5.41) is 13.0. The summed E-state index contributed by atoms with van der Waals surface area (Å²) in [5.74, 6) is 1.51. The highest BCUT2D eigenvalue weighted by Crippen LogP contribution is 2.36. The average molecular weight is 812 g/mol. The summed E-state index contributed by atoms with van der Waals surface area (Å²) in [6.45, 7) is 13.0. The normalized spacial score (nSPS) is 20.7. The van der Waals surface area contributed by atoms with Crippen LogP contribution in [0.2, 0.25) is 5.02 Å². The van der Waals surface area contributed by atoms with Crippen molar-refractivity contribution in [1.29, 1.82) is 0 Å². The minimum absolute atomic E-state index is 0.179. The van der Waals surface area contributed by atoms with Crippen LogP contribution in [0.15, 0.2) is 49.4 Å². The second-order valence-corrected chi connectivity index (χ2v) is 15.1. The van der Waals surface area contributed by atoms with Crippen LogP contribution in [0, 0.1) is 0 Å². The summed E-state index contributed by atoms with van der Waals surface area (Å²) in [4.78, 5) is 15.9. The zero-order valence-corrected chi connectivity index (χ0v) is 34.4. The number of nitrogens with zero attached hydrogens (tertiary/aromatic N) is 8. The smallest absolute Gasteiger partial charge is 0.256 e. The van der Waals surface area contributed by atoms with E-state index in [0.29, 0.717) is 100 Å². The predicted octanol–water partition coefficient (Wildman–Crippen LogP) is 5.85. The summed E-state index contributed by atoms with van der Waals surface area (Å²) in [6.07, 6.45) is 14.1. The van der Waals surface area contributed by atoms with E-state index < -0.39 is 0 Å². The summed E-state index contributed by atoms with van der Waals surface area (Å²) in [6, 6.07) is 6.47. The van der Waals surface area contributed by atoms with E-state index in [1.807, 2.05) is 31.3 Å². The first-order valence-corrected chi connectivity index (χ1v) is 20.4. The van der Waals surface area contributed by atoms with E-state index in [4.69, 9.17) is 49.9 Å². The molecule has 1 N–H and O–H groups in total. The van der Waals surface area contributed by atoms with Gasteiger partial charge < -0.3 is 38.5 Å². The highest BCUT2D eigenvalue weighted by Gasteiger charge is 2.32. The number of anilines is 2. The van der Waals surface area contributed by atoms with Gasteiger partial charge in [-0.05, 0) is 64.2 Å². The Kier molecular flexibility index (Phi) is 16.7. The zero-order chi connectivity index (χ0) is 39.8. The summed E-state index contributed by atoms with van der Waals surface area (Å²) in [7, 11) is 1.65. The third-order valence-corrected chi connectivity index (χ3v) is 10.3. The van der Waals surface area contributed by atoms with Crippen LogP contribution in [0.5, 0.6) is 11.6 Å². The first-order valence-electron chi connectivity index (χ1n) is 20.1. The van der Waals surface area contributed by atoms with Gasteiger partial charge in [-0.25, -0.2) is 19.6 Å². The number of nitrogens with one attached hydrogen (secondary N) is 1. The maximum absolute atomic E-state index is 6.51. The van der Waals surface area contributed by atoms with Gasteiger partial charge in [0.25, 0.3) is 5.88 Å². The topological polar surface area (TPSA) is 154 Å². The van der Waals surface area contributed by atoms with E-state index in [2.05, 4.69) is 48.8 Å². The highest BCUT2D eigenvalue weighted by molar-refractivity contribution is 6.32. The molecule has 3 aromatic heterocycles. The lowest BCUT2D eigenvalue weighted by atomic mass is 9.89. The van der Waals surface area contributed by atoms with Crippen LogP contribution in [0.1, 0.15) is 58.9 Å². The van der Waals surface area contributed by atoms with E-state index in [9.17, 15) is 0 Å². The molecule has 3 atom stereocenters. The number of aromatic nitrogens is 7. The predicted molar refractivity (Wildman–Crippen MR) is 215 cm³/mol. The molecule has 4 aromatic rings. The minimum atomic E-state index is -0.179. The third kappa shape index (κ3) is 13.3. The summed E-state index contributed by atoms with van der Waals surface area (Å²) in [5.41, 5.74) is 2.41. The van der Waals surface area contributed by atoms with Crippen molar-refractivity contribution >= 4 is 23.2 Å². The molecule has 17 heteroatoms. The molecule has 57 heavy (non-hydrogen) atoms. The second kappa shape index (κ2) is 22.3. The Labute approximate surface area is 340 Å². The van der Waals surface area contributed by atoms with Gasteiger partial charge in [0.05, 0.1) is 82.3 Å². The fourth-order valence-corrected chi connectivity index (χ4v) is 7.41. The van der Waals surface area contributed by atoms with Crippen molar-refractivity contribution in [2.45, 2.75) is 89.8 Å². The first kappa shape index (κ1) is 42.7. The number of rotatable bonds is 23. The van der Waals surface area contributed by atoms with Crippen molar-refractivity contribution in [3.63, 3.8) is 0 Å². The van der Waals surface area contributed by atoms with Crippen LogP contribution in [0.4, 0.5) is 11.6 Å². The van der Waals surface area contributed by atoms with E-state index >= 15 is 0 Å². The van der Waals surface area contributed by atoms with Crippen LogP contribution >= 0.6 is 11.6 Å². The van der Waals surface area contributed by atoms with E-state index in [-0.39, 0.29) is 24.4 Å². The van der Waals surface area contributed by atoms with Gasteiger partial charge in [0.2, 0.25) is 5.95 Å². The van der Waals surface area contributed by atoms with Gasteiger partial charge >= 0.3 is 0 Å². The van der Waals surface area contributed by atoms with Gasteiger partial charge in [-0.15, -0.1) is 5.10 Å². The fraction of sp³-hybridized carbons (Fsp3) is 0.625. The van der Waals surface area contributed by atoms with Crippen LogP contribution < -0.4 is 14.8 Å². The van der Waals surface area contributed by atoms with Crippen molar-refractivity contribution in [2.24, 2.45) is 0 Å². The molecule has 2 fully saturated rings. The van der Waals surface area contributed by atoms with Crippen molar-refractivity contribution in [2.75, 3.05) is 78.4 Å². The van der Waals surface area contributed by atoms with Gasteiger partial charge in [0, 0.05) is 57.2 Å².